The van der Waals surface area contributed by atoms with E-state index >= 15 is 0 Å². The molecule has 3 amide bonds. The number of piperidine rings is 1. The van der Waals surface area contributed by atoms with Crippen molar-refractivity contribution in [3.63, 3.8) is 0 Å². The third kappa shape index (κ3) is 6.18. The minimum atomic E-state index is -4.83. The lowest BCUT2D eigenvalue weighted by Crippen LogP contribution is -2.46. The number of rotatable bonds is 7. The van der Waals surface area contributed by atoms with E-state index in [9.17, 15) is 31.5 Å². The van der Waals surface area contributed by atoms with Crippen LogP contribution in [0.2, 0.25) is 0 Å². The molecule has 1 unspecified atom stereocenters. The zero-order chi connectivity index (χ0) is 28.6. The van der Waals surface area contributed by atoms with Crippen molar-refractivity contribution in [3.05, 3.63) is 29.3 Å². The molecule has 2 aliphatic heterocycles. The number of amides is 3. The minimum Gasteiger partial charge on any atom is -0.378 e. The smallest absolute Gasteiger partial charge is 0.378 e. The molecular formula is C26H31F5N4O3S. The second kappa shape index (κ2) is 11.2. The summed E-state index contributed by atoms with van der Waals surface area (Å²) in [6, 6.07) is 3.52. The lowest BCUT2D eigenvalue weighted by Gasteiger charge is -2.34. The molecule has 13 heteroatoms. The van der Waals surface area contributed by atoms with Gasteiger partial charge < -0.3 is 10.1 Å². The molecule has 1 aliphatic carbocycles. The first kappa shape index (κ1) is 29.6. The molecule has 2 saturated heterocycles. The average molecular weight is 575 g/mol. The van der Waals surface area contributed by atoms with Crippen molar-refractivity contribution in [3.8, 4) is 6.07 Å². The molecule has 2 heterocycles. The summed E-state index contributed by atoms with van der Waals surface area (Å²) in [7, 11) is 0. The van der Waals surface area contributed by atoms with E-state index in [1.165, 1.54) is 22.3 Å². The van der Waals surface area contributed by atoms with Crippen LogP contribution >= 0.6 is 11.9 Å². The van der Waals surface area contributed by atoms with Gasteiger partial charge in [-0.15, -0.1) is 0 Å². The number of nitrogens with zero attached hydrogens (tertiary/aromatic N) is 3. The maximum atomic E-state index is 14.0. The fourth-order valence-corrected chi connectivity index (χ4v) is 6.55. The van der Waals surface area contributed by atoms with Gasteiger partial charge in [0, 0.05) is 17.8 Å². The molecule has 1 saturated carbocycles. The minimum absolute atomic E-state index is 0.0266. The SMILES string of the molecule is CC1(C)C(=O)N(c2ccc(C#N)c(C(F)(F)F)c2)C(=O)N1SC1CCC(OCCC2CCNCC2(F)F)CC1. The second-order valence-corrected chi connectivity index (χ2v) is 11.9. The fourth-order valence-electron chi connectivity index (χ4n) is 5.26. The molecular weight excluding hydrogens is 543 g/mol. The van der Waals surface area contributed by atoms with Gasteiger partial charge in [0.25, 0.3) is 11.8 Å². The molecule has 1 atom stereocenters. The fraction of sp³-hybridized carbons (Fsp3) is 0.654. The lowest BCUT2D eigenvalue weighted by molar-refractivity contribution is -0.137. The van der Waals surface area contributed by atoms with Crippen LogP contribution < -0.4 is 10.2 Å². The number of imide groups is 1. The van der Waals surface area contributed by atoms with Gasteiger partial charge in [0.05, 0.1) is 35.5 Å². The van der Waals surface area contributed by atoms with Crippen molar-refractivity contribution in [2.75, 3.05) is 24.6 Å². The van der Waals surface area contributed by atoms with Crippen LogP contribution in [0.4, 0.5) is 32.4 Å². The Morgan fingerprint density at radius 1 is 1.15 bits per heavy atom. The summed E-state index contributed by atoms with van der Waals surface area (Å²) in [4.78, 5) is 27.2. The maximum absolute atomic E-state index is 14.0. The van der Waals surface area contributed by atoms with Crippen LogP contribution in [-0.2, 0) is 15.7 Å². The van der Waals surface area contributed by atoms with Crippen LogP contribution in [0.15, 0.2) is 18.2 Å². The zero-order valence-electron chi connectivity index (χ0n) is 21.7. The summed E-state index contributed by atoms with van der Waals surface area (Å²) in [6.07, 6.45) is -1.51. The van der Waals surface area contributed by atoms with E-state index in [4.69, 9.17) is 10.00 Å². The van der Waals surface area contributed by atoms with Crippen molar-refractivity contribution >= 4 is 29.6 Å². The molecule has 1 aromatic rings. The average Bonchev–Trinajstić information content (AvgIpc) is 3.04. The van der Waals surface area contributed by atoms with Gasteiger partial charge in [-0.3, -0.25) is 9.10 Å². The maximum Gasteiger partial charge on any atom is 0.417 e. The molecule has 4 rings (SSSR count). The summed E-state index contributed by atoms with van der Waals surface area (Å²) in [5.41, 5.74) is -3.36. The summed E-state index contributed by atoms with van der Waals surface area (Å²) in [5.74, 6) is -4.09. The van der Waals surface area contributed by atoms with Gasteiger partial charge in [-0.2, -0.15) is 18.4 Å². The Bertz CT molecular complexity index is 1130. The summed E-state index contributed by atoms with van der Waals surface area (Å²) >= 11 is 1.20. The highest BCUT2D eigenvalue weighted by molar-refractivity contribution is 7.98. The monoisotopic (exact) mass is 574 g/mol. The van der Waals surface area contributed by atoms with Crippen molar-refractivity contribution in [2.45, 2.75) is 81.4 Å². The van der Waals surface area contributed by atoms with Crippen molar-refractivity contribution in [1.82, 2.24) is 9.62 Å². The molecule has 0 spiro atoms. The van der Waals surface area contributed by atoms with Gasteiger partial charge in [0.2, 0.25) is 0 Å². The molecule has 3 aliphatic rings. The van der Waals surface area contributed by atoms with Crippen LogP contribution in [0.3, 0.4) is 0 Å². The van der Waals surface area contributed by atoms with Crippen LogP contribution in [0.5, 0.6) is 0 Å². The van der Waals surface area contributed by atoms with E-state index in [0.717, 1.165) is 17.0 Å². The second-order valence-electron chi connectivity index (χ2n) is 10.7. The van der Waals surface area contributed by atoms with Crippen molar-refractivity contribution in [1.29, 1.82) is 5.26 Å². The number of carbonyl (C=O) groups excluding carboxylic acids is 2. The molecule has 0 aromatic heterocycles. The van der Waals surface area contributed by atoms with Gasteiger partial charge in [-0.05, 0) is 89.1 Å². The van der Waals surface area contributed by atoms with Gasteiger partial charge in [-0.1, -0.05) is 0 Å². The highest BCUT2D eigenvalue weighted by atomic mass is 32.2. The first-order valence-corrected chi connectivity index (χ1v) is 13.8. The van der Waals surface area contributed by atoms with Crippen molar-refractivity contribution in [2.24, 2.45) is 5.92 Å². The van der Waals surface area contributed by atoms with E-state index in [0.29, 0.717) is 51.1 Å². The Labute approximate surface area is 228 Å². The van der Waals surface area contributed by atoms with Crippen LogP contribution in [0.25, 0.3) is 0 Å². The standard InChI is InChI=1S/C26H31F5N4O3S/c1-24(2)22(36)34(18-4-3-16(14-32)21(13-18)26(29,30)31)23(37)35(24)39-20-7-5-19(6-8-20)38-12-10-17-9-11-33-15-25(17,27)28/h3-4,13,17,19-20,33H,5-12,15H2,1-2H3. The molecule has 3 fully saturated rings. The van der Waals surface area contributed by atoms with Crippen LogP contribution in [0, 0.1) is 17.2 Å². The van der Waals surface area contributed by atoms with E-state index in [1.54, 1.807) is 13.8 Å². The highest BCUT2D eigenvalue weighted by Crippen LogP contribution is 2.43. The molecule has 7 nitrogen and oxygen atoms in total. The summed E-state index contributed by atoms with van der Waals surface area (Å²) in [6.45, 7) is 3.61. The number of benzene rings is 1. The normalized spacial score (nSPS) is 27.1. The summed E-state index contributed by atoms with van der Waals surface area (Å²) in [5, 5.41) is 11.7. The predicted octanol–water partition coefficient (Wildman–Crippen LogP) is 5.74. The molecule has 214 valence electrons. The summed E-state index contributed by atoms with van der Waals surface area (Å²) < 4.78 is 75.6. The lowest BCUT2D eigenvalue weighted by atomic mass is 9.91. The highest BCUT2D eigenvalue weighted by Gasteiger charge is 2.53. The number of carbonyl (C=O) groups is 2. The first-order valence-electron chi connectivity index (χ1n) is 12.9. The third-order valence-electron chi connectivity index (χ3n) is 7.61. The molecule has 1 N–H and O–H groups in total. The molecule has 0 radical (unpaired) electrons. The van der Waals surface area contributed by atoms with Gasteiger partial charge in [0.15, 0.2) is 0 Å². The van der Waals surface area contributed by atoms with E-state index in [1.807, 2.05) is 0 Å². The van der Waals surface area contributed by atoms with E-state index in [-0.39, 0.29) is 30.2 Å². The number of alkyl halides is 5. The largest absolute Gasteiger partial charge is 0.417 e. The predicted molar refractivity (Wildman–Crippen MR) is 135 cm³/mol. The number of urea groups is 1. The van der Waals surface area contributed by atoms with Gasteiger partial charge >= 0.3 is 12.2 Å². The molecule has 39 heavy (non-hydrogen) atoms. The van der Waals surface area contributed by atoms with E-state index < -0.39 is 46.6 Å². The Hall–Kier alpha value is -2.43. The first-order chi connectivity index (χ1) is 18.3. The topological polar surface area (TPSA) is 85.7 Å². The Morgan fingerprint density at radius 2 is 1.85 bits per heavy atom. The van der Waals surface area contributed by atoms with Gasteiger partial charge in [-0.25, -0.2) is 18.5 Å². The zero-order valence-corrected chi connectivity index (χ0v) is 22.5. The Morgan fingerprint density at radius 3 is 2.46 bits per heavy atom. The van der Waals surface area contributed by atoms with Crippen LogP contribution in [-0.4, -0.2) is 58.8 Å². The number of ether oxygens (including phenoxy) is 1. The number of nitrogens with one attached hydrogen (secondary N) is 1. The molecule has 1 aromatic carbocycles. The number of nitriles is 1. The van der Waals surface area contributed by atoms with Crippen molar-refractivity contribution < 1.29 is 36.3 Å². The van der Waals surface area contributed by atoms with Crippen LogP contribution in [0.1, 0.15) is 63.5 Å². The van der Waals surface area contributed by atoms with Gasteiger partial charge in [0.1, 0.15) is 5.54 Å². The third-order valence-corrected chi connectivity index (χ3v) is 9.20. The Kier molecular flexibility index (Phi) is 8.50. The number of hydrogen-bond acceptors (Lipinski definition) is 6. The Balaban J connectivity index is 1.35. The molecule has 0 bridgehead atoms. The number of anilines is 1. The number of halogens is 5. The number of hydrogen-bond donors (Lipinski definition) is 1. The van der Waals surface area contributed by atoms with E-state index in [2.05, 4.69) is 5.32 Å². The quantitative estimate of drug-likeness (QED) is 0.254.